The Morgan fingerprint density at radius 1 is 1.24 bits per heavy atom. The van der Waals surface area contributed by atoms with Crippen LogP contribution in [0.2, 0.25) is 0 Å². The molecular weight excluding hydrogens is 372 g/mol. The molecule has 0 saturated heterocycles. The summed E-state index contributed by atoms with van der Waals surface area (Å²) in [7, 11) is 1.94. The van der Waals surface area contributed by atoms with Gasteiger partial charge in [0, 0.05) is 23.2 Å². The smallest absolute Gasteiger partial charge is 0.234 e. The zero-order valence-electron chi connectivity index (χ0n) is 13.9. The number of para-hydroxylation sites is 1. The van der Waals surface area contributed by atoms with Crippen molar-refractivity contribution in [2.24, 2.45) is 7.05 Å². The van der Waals surface area contributed by atoms with E-state index in [1.54, 1.807) is 23.1 Å². The molecule has 25 heavy (non-hydrogen) atoms. The van der Waals surface area contributed by atoms with Crippen LogP contribution in [0.5, 0.6) is 0 Å². The molecule has 0 unspecified atom stereocenters. The lowest BCUT2D eigenvalue weighted by Crippen LogP contribution is -2.15. The normalized spacial score (nSPS) is 10.8. The fraction of sp³-hybridized carbons (Fsp3) is 0.235. The number of thioether (sulfide) groups is 2. The summed E-state index contributed by atoms with van der Waals surface area (Å²) in [4.78, 5) is 14.5. The van der Waals surface area contributed by atoms with Gasteiger partial charge in [-0.1, -0.05) is 30.0 Å². The second-order valence-corrected chi connectivity index (χ2v) is 8.07. The molecule has 0 fully saturated rings. The molecule has 1 amide bonds. The van der Waals surface area contributed by atoms with Gasteiger partial charge in [-0.05, 0) is 29.8 Å². The highest BCUT2D eigenvalue weighted by molar-refractivity contribution is 7.99. The Balaban J connectivity index is 1.58. The first-order chi connectivity index (χ1) is 12.2. The average Bonchev–Trinajstić information content (AvgIpc) is 3.25. The fourth-order valence-electron chi connectivity index (χ4n) is 2.26. The van der Waals surface area contributed by atoms with E-state index in [0.717, 1.165) is 28.0 Å². The first kappa shape index (κ1) is 18.0. The third kappa shape index (κ3) is 4.65. The molecule has 0 aliphatic heterocycles. The average molecular weight is 391 g/mol. The van der Waals surface area contributed by atoms with Crippen LogP contribution in [-0.4, -0.2) is 32.7 Å². The van der Waals surface area contributed by atoms with Gasteiger partial charge in [-0.25, -0.2) is 0 Å². The summed E-state index contributed by atoms with van der Waals surface area (Å²) in [5.41, 5.74) is 0.844. The summed E-state index contributed by atoms with van der Waals surface area (Å²) in [5.74, 6) is 1.15. The zero-order valence-corrected chi connectivity index (χ0v) is 16.4. The largest absolute Gasteiger partial charge is 0.324 e. The second kappa shape index (κ2) is 8.55. The molecule has 0 bridgehead atoms. The lowest BCUT2D eigenvalue weighted by molar-refractivity contribution is -0.113. The maximum atomic E-state index is 12.2. The van der Waals surface area contributed by atoms with Crippen molar-refractivity contribution in [2.45, 2.75) is 16.5 Å². The number of nitrogens with one attached hydrogen (secondary N) is 1. The molecule has 1 N–H and O–H groups in total. The van der Waals surface area contributed by atoms with Gasteiger partial charge < -0.3 is 9.88 Å². The van der Waals surface area contributed by atoms with Gasteiger partial charge in [0.25, 0.3) is 0 Å². The molecule has 8 heteroatoms. The van der Waals surface area contributed by atoms with Crippen LogP contribution in [0, 0.1) is 0 Å². The van der Waals surface area contributed by atoms with Crippen molar-refractivity contribution in [3.63, 3.8) is 0 Å². The van der Waals surface area contributed by atoms with Gasteiger partial charge >= 0.3 is 0 Å². The molecule has 2 heterocycles. The maximum absolute atomic E-state index is 12.2. The van der Waals surface area contributed by atoms with Crippen molar-refractivity contribution in [1.29, 1.82) is 0 Å². The highest BCUT2D eigenvalue weighted by atomic mass is 32.2. The summed E-state index contributed by atoms with van der Waals surface area (Å²) < 4.78 is 1.95. The molecule has 0 atom stereocenters. The molecule has 0 saturated carbocycles. The van der Waals surface area contributed by atoms with Crippen LogP contribution in [0.15, 0.2) is 51.8 Å². The van der Waals surface area contributed by atoms with Crippen LogP contribution < -0.4 is 5.32 Å². The van der Waals surface area contributed by atoms with E-state index in [2.05, 4.69) is 27.0 Å². The zero-order chi connectivity index (χ0) is 17.6. The van der Waals surface area contributed by atoms with Crippen molar-refractivity contribution in [2.75, 3.05) is 17.3 Å². The van der Waals surface area contributed by atoms with Gasteiger partial charge in [0.2, 0.25) is 5.91 Å². The number of thiophene rings is 1. The number of carbonyl (C=O) groups is 1. The maximum Gasteiger partial charge on any atom is 0.234 e. The van der Waals surface area contributed by atoms with Crippen molar-refractivity contribution in [1.82, 2.24) is 14.8 Å². The molecular formula is C17H18N4OS3. The van der Waals surface area contributed by atoms with Gasteiger partial charge in [-0.15, -0.1) is 33.3 Å². The monoisotopic (exact) mass is 390 g/mol. The van der Waals surface area contributed by atoms with Gasteiger partial charge in [-0.2, -0.15) is 0 Å². The Labute approximate surface area is 159 Å². The number of carbonyl (C=O) groups excluding carboxylic acids is 1. The quantitative estimate of drug-likeness (QED) is 0.620. The number of nitrogens with zero attached hydrogens (tertiary/aromatic N) is 3. The number of rotatable bonds is 7. The van der Waals surface area contributed by atoms with Crippen LogP contribution in [0.1, 0.15) is 10.7 Å². The number of anilines is 1. The number of hydrogen-bond acceptors (Lipinski definition) is 6. The molecule has 0 aliphatic carbocycles. The van der Waals surface area contributed by atoms with E-state index in [1.807, 2.05) is 48.2 Å². The summed E-state index contributed by atoms with van der Waals surface area (Å²) >= 11 is 4.71. The van der Waals surface area contributed by atoms with Crippen molar-refractivity contribution >= 4 is 46.5 Å². The number of amides is 1. The van der Waals surface area contributed by atoms with Gasteiger partial charge in [0.15, 0.2) is 5.16 Å². The van der Waals surface area contributed by atoms with Crippen LogP contribution in [0.3, 0.4) is 0 Å². The van der Waals surface area contributed by atoms with Crippen LogP contribution in [0.4, 0.5) is 5.69 Å². The van der Waals surface area contributed by atoms with Crippen molar-refractivity contribution in [3.8, 4) is 0 Å². The Hall–Kier alpha value is -1.77. The van der Waals surface area contributed by atoms with Gasteiger partial charge in [0.05, 0.1) is 11.4 Å². The van der Waals surface area contributed by atoms with Gasteiger partial charge in [-0.3, -0.25) is 4.79 Å². The molecule has 130 valence electrons. The Kier molecular flexibility index (Phi) is 6.17. The van der Waals surface area contributed by atoms with Crippen LogP contribution >= 0.6 is 34.9 Å². The molecule has 0 aliphatic rings. The Bertz CT molecular complexity index is 845. The molecule has 3 rings (SSSR count). The Morgan fingerprint density at radius 3 is 2.84 bits per heavy atom. The molecule has 3 aromatic rings. The number of aromatic nitrogens is 3. The van der Waals surface area contributed by atoms with Crippen molar-refractivity contribution in [3.05, 3.63) is 52.5 Å². The van der Waals surface area contributed by atoms with Crippen molar-refractivity contribution < 1.29 is 4.79 Å². The number of hydrogen-bond donors (Lipinski definition) is 1. The molecule has 2 aromatic heterocycles. The molecule has 5 nitrogen and oxygen atoms in total. The highest BCUT2D eigenvalue weighted by Gasteiger charge is 2.13. The minimum Gasteiger partial charge on any atom is -0.324 e. The molecule has 0 spiro atoms. The Morgan fingerprint density at radius 2 is 2.08 bits per heavy atom. The second-order valence-electron chi connectivity index (χ2n) is 5.25. The van der Waals surface area contributed by atoms with E-state index >= 15 is 0 Å². The van der Waals surface area contributed by atoms with E-state index in [-0.39, 0.29) is 5.91 Å². The fourth-order valence-corrected chi connectivity index (χ4v) is 4.24. The first-order valence-corrected chi connectivity index (χ1v) is 10.7. The molecule has 0 radical (unpaired) electrons. The van der Waals surface area contributed by atoms with E-state index in [0.29, 0.717) is 5.75 Å². The molecule has 1 aromatic carbocycles. The third-order valence-corrected chi connectivity index (χ3v) is 6.24. The standard InChI is InChI=1S/C17H18N4OS3/c1-21-15(10-12-6-5-9-24-12)19-20-17(21)25-11-16(22)18-13-7-3-4-8-14(13)23-2/h3-9H,10-11H2,1-2H3,(H,18,22). The topological polar surface area (TPSA) is 59.8 Å². The summed E-state index contributed by atoms with van der Waals surface area (Å²) in [6.45, 7) is 0. The summed E-state index contributed by atoms with van der Waals surface area (Å²) in [5, 5.41) is 14.2. The lowest BCUT2D eigenvalue weighted by Gasteiger charge is -2.09. The minimum atomic E-state index is -0.0469. The van der Waals surface area contributed by atoms with E-state index in [1.165, 1.54) is 16.6 Å². The highest BCUT2D eigenvalue weighted by Crippen LogP contribution is 2.25. The van der Waals surface area contributed by atoms with Gasteiger partial charge in [0.1, 0.15) is 5.82 Å². The number of benzene rings is 1. The van der Waals surface area contributed by atoms with E-state index in [4.69, 9.17) is 0 Å². The predicted octanol–water partition coefficient (Wildman–Crippen LogP) is 3.92. The van der Waals surface area contributed by atoms with E-state index < -0.39 is 0 Å². The first-order valence-electron chi connectivity index (χ1n) is 7.63. The predicted molar refractivity (Wildman–Crippen MR) is 106 cm³/mol. The van der Waals surface area contributed by atoms with Crippen LogP contribution in [-0.2, 0) is 18.3 Å². The SMILES string of the molecule is CSc1ccccc1NC(=O)CSc1nnc(Cc2cccs2)n1C. The minimum absolute atomic E-state index is 0.0469. The lowest BCUT2D eigenvalue weighted by atomic mass is 10.3. The van der Waals surface area contributed by atoms with Crippen LogP contribution in [0.25, 0.3) is 0 Å². The third-order valence-electron chi connectivity index (χ3n) is 3.55. The summed E-state index contributed by atoms with van der Waals surface area (Å²) in [6.07, 6.45) is 2.75. The van der Waals surface area contributed by atoms with E-state index in [9.17, 15) is 4.79 Å². The summed E-state index contributed by atoms with van der Waals surface area (Å²) in [6, 6.07) is 11.9.